The van der Waals surface area contributed by atoms with E-state index in [2.05, 4.69) is 228 Å². The second kappa shape index (κ2) is 14.7. The van der Waals surface area contributed by atoms with Gasteiger partial charge >= 0.3 is 0 Å². The molecule has 0 radical (unpaired) electrons. The smallest absolute Gasteiger partial charge is 0.160 e. The lowest BCUT2D eigenvalue weighted by Gasteiger charge is -2.13. The number of fused-ring (bicyclic) bond motifs is 6. The molecule has 12 rings (SSSR count). The fourth-order valence-electron chi connectivity index (χ4n) is 9.17. The molecule has 0 fully saturated rings. The molecule has 0 aliphatic heterocycles. The van der Waals surface area contributed by atoms with Gasteiger partial charge in [0.25, 0.3) is 0 Å². The molecule has 0 aliphatic carbocycles. The Balaban J connectivity index is 0.984. The van der Waals surface area contributed by atoms with Crippen molar-refractivity contribution in [1.29, 1.82) is 0 Å². The number of hydrogen-bond acceptors (Lipinski definition) is 2. The molecule has 3 heterocycles. The second-order valence-electron chi connectivity index (χ2n) is 15.8. The Kier molecular flexibility index (Phi) is 8.46. The van der Waals surface area contributed by atoms with Crippen LogP contribution in [0.3, 0.4) is 0 Å². The molecule has 0 atom stereocenters. The highest BCUT2D eigenvalue weighted by atomic mass is 15.0. The minimum Gasteiger partial charge on any atom is -0.309 e. The summed E-state index contributed by atoms with van der Waals surface area (Å²) in [7, 11) is 0. The molecule has 0 unspecified atom stereocenters. The van der Waals surface area contributed by atoms with Gasteiger partial charge in [0.15, 0.2) is 5.82 Å². The number of rotatable bonds is 7. The lowest BCUT2D eigenvalue weighted by molar-refractivity contribution is 1.16. The van der Waals surface area contributed by atoms with Crippen molar-refractivity contribution < 1.29 is 0 Å². The molecule has 62 heavy (non-hydrogen) atoms. The van der Waals surface area contributed by atoms with Crippen molar-refractivity contribution in [3.8, 4) is 67.5 Å². The summed E-state index contributed by atoms with van der Waals surface area (Å²) in [5.74, 6) is 0.688. The van der Waals surface area contributed by atoms with Crippen LogP contribution in [0.5, 0.6) is 0 Å². The standard InChI is InChI=1S/C58H38N4/c1-4-15-39(16-5-1)40-27-31-46(32-28-40)61-55-26-13-11-24-49(55)51-36-43(30-34-56(51)61)44-29-33-50-48-23-10-12-25-54(48)62(57(50)37-44)47-22-14-21-45(35-47)58-59-52(41-17-6-2-7-18-41)38-53(60-58)42-19-8-3-9-20-42/h1-38H. The molecule has 0 N–H and O–H groups in total. The summed E-state index contributed by atoms with van der Waals surface area (Å²) in [6.45, 7) is 0. The van der Waals surface area contributed by atoms with E-state index in [0.717, 1.165) is 56.0 Å². The van der Waals surface area contributed by atoms with E-state index in [1.165, 1.54) is 49.3 Å². The van der Waals surface area contributed by atoms with E-state index >= 15 is 0 Å². The summed E-state index contributed by atoms with van der Waals surface area (Å²) in [6, 6.07) is 82.2. The molecular weight excluding hydrogens is 753 g/mol. The highest BCUT2D eigenvalue weighted by molar-refractivity contribution is 6.12. The fraction of sp³-hybridized carbons (Fsp3) is 0. The molecule has 9 aromatic carbocycles. The van der Waals surface area contributed by atoms with Gasteiger partial charge < -0.3 is 9.13 Å². The average Bonchev–Trinajstić information content (AvgIpc) is 3.87. The highest BCUT2D eigenvalue weighted by Crippen LogP contribution is 2.39. The fourth-order valence-corrected chi connectivity index (χ4v) is 9.17. The largest absolute Gasteiger partial charge is 0.309 e. The summed E-state index contributed by atoms with van der Waals surface area (Å²) in [5, 5.41) is 4.88. The third kappa shape index (κ3) is 6.08. The van der Waals surface area contributed by atoms with E-state index in [-0.39, 0.29) is 0 Å². The Bertz CT molecular complexity index is 3550. The van der Waals surface area contributed by atoms with Crippen molar-refractivity contribution in [2.24, 2.45) is 0 Å². The van der Waals surface area contributed by atoms with Crippen LogP contribution in [0.1, 0.15) is 0 Å². The summed E-state index contributed by atoms with van der Waals surface area (Å²) < 4.78 is 4.78. The van der Waals surface area contributed by atoms with Crippen LogP contribution in [-0.4, -0.2) is 19.1 Å². The van der Waals surface area contributed by atoms with E-state index < -0.39 is 0 Å². The van der Waals surface area contributed by atoms with E-state index in [1.807, 2.05) is 12.1 Å². The molecule has 0 amide bonds. The zero-order chi connectivity index (χ0) is 41.0. The number of aromatic nitrogens is 4. The Labute approximate surface area is 359 Å². The summed E-state index contributed by atoms with van der Waals surface area (Å²) in [4.78, 5) is 10.3. The van der Waals surface area contributed by atoms with Crippen LogP contribution >= 0.6 is 0 Å². The van der Waals surface area contributed by atoms with Gasteiger partial charge in [0.1, 0.15) is 0 Å². The Morgan fingerprint density at radius 2 is 0.710 bits per heavy atom. The number of para-hydroxylation sites is 2. The van der Waals surface area contributed by atoms with E-state index in [4.69, 9.17) is 9.97 Å². The molecule has 0 aliphatic rings. The first kappa shape index (κ1) is 35.6. The normalized spacial score (nSPS) is 11.5. The maximum atomic E-state index is 5.16. The van der Waals surface area contributed by atoms with E-state index in [1.54, 1.807) is 0 Å². The monoisotopic (exact) mass is 790 g/mol. The van der Waals surface area contributed by atoms with Gasteiger partial charge in [-0.25, -0.2) is 9.97 Å². The zero-order valence-corrected chi connectivity index (χ0v) is 33.7. The zero-order valence-electron chi connectivity index (χ0n) is 33.7. The topological polar surface area (TPSA) is 35.6 Å². The third-order valence-corrected chi connectivity index (χ3v) is 12.1. The van der Waals surface area contributed by atoms with Crippen LogP contribution in [0.4, 0.5) is 0 Å². The predicted molar refractivity (Wildman–Crippen MR) is 258 cm³/mol. The molecule has 4 heteroatoms. The summed E-state index contributed by atoms with van der Waals surface area (Å²) in [5.41, 5.74) is 16.5. The van der Waals surface area contributed by atoms with Crippen LogP contribution in [-0.2, 0) is 0 Å². The van der Waals surface area contributed by atoms with Crippen LogP contribution in [0.15, 0.2) is 231 Å². The van der Waals surface area contributed by atoms with Crippen LogP contribution in [0.25, 0.3) is 111 Å². The van der Waals surface area contributed by atoms with Gasteiger partial charge in [-0.05, 0) is 82.9 Å². The van der Waals surface area contributed by atoms with Gasteiger partial charge in [0, 0.05) is 49.6 Å². The van der Waals surface area contributed by atoms with E-state index in [9.17, 15) is 0 Å². The summed E-state index contributed by atoms with van der Waals surface area (Å²) >= 11 is 0. The summed E-state index contributed by atoms with van der Waals surface area (Å²) in [6.07, 6.45) is 0. The van der Waals surface area contributed by atoms with Gasteiger partial charge in [-0.3, -0.25) is 0 Å². The van der Waals surface area contributed by atoms with Gasteiger partial charge in [0.05, 0.1) is 33.5 Å². The Hall–Kier alpha value is -8.34. The second-order valence-corrected chi connectivity index (χ2v) is 15.8. The van der Waals surface area contributed by atoms with Crippen molar-refractivity contribution in [1.82, 2.24) is 19.1 Å². The lowest BCUT2D eigenvalue weighted by atomic mass is 10.0. The average molecular weight is 791 g/mol. The number of nitrogens with zero attached hydrogens (tertiary/aromatic N) is 4. The predicted octanol–water partition coefficient (Wildman–Crippen LogP) is 15.0. The molecular formula is C58H38N4. The SMILES string of the molecule is c1ccc(-c2ccc(-n3c4ccccc4c4cc(-c5ccc6c7ccccc7n(-c7cccc(-c8nc(-c9ccccc9)cc(-c9ccccc9)n8)c7)c6c5)ccc43)cc2)cc1. The third-order valence-electron chi connectivity index (χ3n) is 12.1. The lowest BCUT2D eigenvalue weighted by Crippen LogP contribution is -1.98. The first-order chi connectivity index (χ1) is 30.7. The van der Waals surface area contributed by atoms with E-state index in [0.29, 0.717) is 5.82 Å². The van der Waals surface area contributed by atoms with Crippen molar-refractivity contribution in [2.75, 3.05) is 0 Å². The maximum Gasteiger partial charge on any atom is 0.160 e. The molecule has 0 saturated heterocycles. The van der Waals surface area contributed by atoms with Gasteiger partial charge in [-0.15, -0.1) is 0 Å². The minimum absolute atomic E-state index is 0.688. The Morgan fingerprint density at radius 3 is 1.37 bits per heavy atom. The van der Waals surface area contributed by atoms with Crippen LogP contribution in [0.2, 0.25) is 0 Å². The van der Waals surface area contributed by atoms with Crippen molar-refractivity contribution >= 4 is 43.6 Å². The van der Waals surface area contributed by atoms with Crippen molar-refractivity contribution in [2.45, 2.75) is 0 Å². The first-order valence-electron chi connectivity index (χ1n) is 21.1. The quantitative estimate of drug-likeness (QED) is 0.161. The first-order valence-corrected chi connectivity index (χ1v) is 21.1. The van der Waals surface area contributed by atoms with Crippen LogP contribution in [0, 0.1) is 0 Å². The van der Waals surface area contributed by atoms with Crippen molar-refractivity contribution in [3.63, 3.8) is 0 Å². The van der Waals surface area contributed by atoms with Gasteiger partial charge in [0.2, 0.25) is 0 Å². The van der Waals surface area contributed by atoms with Gasteiger partial charge in [-0.1, -0.05) is 170 Å². The Morgan fingerprint density at radius 1 is 0.242 bits per heavy atom. The number of hydrogen-bond donors (Lipinski definition) is 0. The number of benzene rings is 9. The molecule has 0 saturated carbocycles. The van der Waals surface area contributed by atoms with Crippen LogP contribution < -0.4 is 0 Å². The molecule has 290 valence electrons. The highest BCUT2D eigenvalue weighted by Gasteiger charge is 2.18. The molecule has 0 spiro atoms. The molecule has 0 bridgehead atoms. The molecule has 3 aromatic heterocycles. The molecule has 12 aromatic rings. The van der Waals surface area contributed by atoms with Gasteiger partial charge in [-0.2, -0.15) is 0 Å². The molecule has 4 nitrogen and oxygen atoms in total. The maximum absolute atomic E-state index is 5.16. The van der Waals surface area contributed by atoms with Crippen molar-refractivity contribution in [3.05, 3.63) is 231 Å². The minimum atomic E-state index is 0.688.